The third-order valence-corrected chi connectivity index (χ3v) is 4.54. The van der Waals surface area contributed by atoms with Crippen LogP contribution in [0.2, 0.25) is 0 Å². The van der Waals surface area contributed by atoms with E-state index >= 15 is 0 Å². The first-order valence-corrected chi connectivity index (χ1v) is 7.12. The summed E-state index contributed by atoms with van der Waals surface area (Å²) in [5, 5.41) is 4.15. The quantitative estimate of drug-likeness (QED) is 0.655. The van der Waals surface area contributed by atoms with Crippen molar-refractivity contribution in [3.05, 3.63) is 35.4 Å². The van der Waals surface area contributed by atoms with Gasteiger partial charge in [-0.3, -0.25) is 4.79 Å². The van der Waals surface area contributed by atoms with Gasteiger partial charge in [0, 0.05) is 11.8 Å². The number of benzene rings is 1. The molecule has 0 saturated heterocycles. The highest BCUT2D eigenvalue weighted by atomic mass is 16.2. The second-order valence-corrected chi connectivity index (χ2v) is 5.92. The van der Waals surface area contributed by atoms with Crippen molar-refractivity contribution in [3.63, 3.8) is 0 Å². The lowest BCUT2D eigenvalue weighted by Crippen LogP contribution is -2.20. The van der Waals surface area contributed by atoms with Crippen molar-refractivity contribution < 1.29 is 4.79 Å². The Balaban J connectivity index is 1.54. The zero-order chi connectivity index (χ0) is 13.2. The fourth-order valence-corrected chi connectivity index (χ4v) is 3.44. The Labute approximate surface area is 114 Å². The molecular weight excluding hydrogens is 236 g/mol. The molecule has 1 N–H and O–H groups in total. The van der Waals surface area contributed by atoms with E-state index in [2.05, 4.69) is 10.5 Å². The third-order valence-electron chi connectivity index (χ3n) is 4.54. The largest absolute Gasteiger partial charge is 0.271 e. The van der Waals surface area contributed by atoms with Gasteiger partial charge in [-0.1, -0.05) is 24.1 Å². The molecule has 100 valence electrons. The van der Waals surface area contributed by atoms with E-state index in [-0.39, 0.29) is 5.91 Å². The zero-order valence-corrected chi connectivity index (χ0v) is 11.3. The molecule has 0 spiro atoms. The van der Waals surface area contributed by atoms with Gasteiger partial charge in [-0.25, -0.2) is 5.43 Å². The van der Waals surface area contributed by atoms with Gasteiger partial charge in [-0.2, -0.15) is 5.10 Å². The van der Waals surface area contributed by atoms with Gasteiger partial charge in [0.2, 0.25) is 0 Å². The first-order valence-electron chi connectivity index (χ1n) is 7.12. The molecule has 3 heteroatoms. The molecule has 2 aliphatic rings. The first kappa shape index (κ1) is 12.4. The Hall–Kier alpha value is -1.64. The molecular formula is C16H20N2O. The molecule has 0 aliphatic heterocycles. The van der Waals surface area contributed by atoms with Crippen LogP contribution in [0.5, 0.6) is 0 Å². The van der Waals surface area contributed by atoms with Crippen LogP contribution < -0.4 is 5.43 Å². The molecule has 3 unspecified atom stereocenters. The molecule has 3 rings (SSSR count). The molecule has 2 bridgehead atoms. The number of nitrogens with zero attached hydrogens (tertiary/aromatic N) is 1. The SMILES string of the molecule is Cc1ccc(C(=O)N/N=C/C2CC3CCC2C3)cc1. The van der Waals surface area contributed by atoms with Crippen molar-refractivity contribution in [2.24, 2.45) is 22.9 Å². The number of hydrogen-bond acceptors (Lipinski definition) is 2. The summed E-state index contributed by atoms with van der Waals surface area (Å²) in [5.74, 6) is 2.18. The lowest BCUT2D eigenvalue weighted by molar-refractivity contribution is 0.0955. The van der Waals surface area contributed by atoms with Crippen LogP contribution >= 0.6 is 0 Å². The van der Waals surface area contributed by atoms with Crippen molar-refractivity contribution in [2.75, 3.05) is 0 Å². The second kappa shape index (κ2) is 5.16. The molecule has 1 aromatic carbocycles. The average Bonchev–Trinajstić information content (AvgIpc) is 3.02. The summed E-state index contributed by atoms with van der Waals surface area (Å²) in [6, 6.07) is 7.54. The van der Waals surface area contributed by atoms with Crippen LogP contribution in [0.1, 0.15) is 41.6 Å². The molecule has 2 saturated carbocycles. The van der Waals surface area contributed by atoms with Crippen molar-refractivity contribution in [1.82, 2.24) is 5.43 Å². The molecule has 0 aromatic heterocycles. The number of carbonyl (C=O) groups excluding carboxylic acids is 1. The summed E-state index contributed by atoms with van der Waals surface area (Å²) in [6.07, 6.45) is 7.31. The van der Waals surface area contributed by atoms with E-state index in [1.807, 2.05) is 37.4 Å². The maximum atomic E-state index is 11.9. The lowest BCUT2D eigenvalue weighted by Gasteiger charge is -2.16. The third kappa shape index (κ3) is 2.70. The van der Waals surface area contributed by atoms with Gasteiger partial charge in [-0.05, 0) is 56.1 Å². The molecule has 0 heterocycles. The van der Waals surface area contributed by atoms with Gasteiger partial charge < -0.3 is 0 Å². The van der Waals surface area contributed by atoms with E-state index in [1.54, 1.807) is 0 Å². The minimum Gasteiger partial charge on any atom is -0.267 e. The highest BCUT2D eigenvalue weighted by Gasteiger charge is 2.38. The molecule has 19 heavy (non-hydrogen) atoms. The number of fused-ring (bicyclic) bond motifs is 2. The van der Waals surface area contributed by atoms with Gasteiger partial charge in [0.15, 0.2) is 0 Å². The Morgan fingerprint density at radius 3 is 2.68 bits per heavy atom. The number of rotatable bonds is 3. The standard InChI is InChI=1S/C16H20N2O/c1-11-2-5-13(6-3-11)16(19)18-17-10-15-9-12-4-7-14(15)8-12/h2-3,5-6,10,12,14-15H,4,7-9H2,1H3,(H,18,19)/b17-10+. The van der Waals surface area contributed by atoms with Gasteiger partial charge in [0.25, 0.3) is 5.91 Å². The topological polar surface area (TPSA) is 41.5 Å². The molecule has 3 atom stereocenters. The normalized spacial score (nSPS) is 29.0. The van der Waals surface area contributed by atoms with Crippen LogP contribution in [0.4, 0.5) is 0 Å². The van der Waals surface area contributed by atoms with E-state index in [9.17, 15) is 4.79 Å². The van der Waals surface area contributed by atoms with Crippen LogP contribution in [0, 0.1) is 24.7 Å². The van der Waals surface area contributed by atoms with E-state index in [0.717, 1.165) is 17.4 Å². The molecule has 1 amide bonds. The van der Waals surface area contributed by atoms with Gasteiger partial charge in [0.05, 0.1) is 0 Å². The molecule has 2 aliphatic carbocycles. The summed E-state index contributed by atoms with van der Waals surface area (Å²) in [7, 11) is 0. The number of nitrogens with one attached hydrogen (secondary N) is 1. The van der Waals surface area contributed by atoms with Crippen molar-refractivity contribution >= 4 is 12.1 Å². The van der Waals surface area contributed by atoms with Crippen molar-refractivity contribution in [1.29, 1.82) is 0 Å². The predicted octanol–water partition coefficient (Wildman–Crippen LogP) is 3.15. The molecule has 0 radical (unpaired) electrons. The Bertz CT molecular complexity index is 492. The zero-order valence-electron chi connectivity index (χ0n) is 11.3. The lowest BCUT2D eigenvalue weighted by atomic mass is 9.90. The predicted molar refractivity (Wildman–Crippen MR) is 76.1 cm³/mol. The summed E-state index contributed by atoms with van der Waals surface area (Å²) >= 11 is 0. The van der Waals surface area contributed by atoms with Gasteiger partial charge in [0.1, 0.15) is 0 Å². The Morgan fingerprint density at radius 2 is 2.05 bits per heavy atom. The molecule has 1 aromatic rings. The summed E-state index contributed by atoms with van der Waals surface area (Å²) in [5.41, 5.74) is 4.45. The van der Waals surface area contributed by atoms with E-state index in [4.69, 9.17) is 0 Å². The highest BCUT2D eigenvalue weighted by molar-refractivity contribution is 5.94. The fourth-order valence-electron chi connectivity index (χ4n) is 3.44. The van der Waals surface area contributed by atoms with E-state index in [1.165, 1.54) is 25.7 Å². The maximum Gasteiger partial charge on any atom is 0.271 e. The second-order valence-electron chi connectivity index (χ2n) is 5.92. The molecule has 3 nitrogen and oxygen atoms in total. The Morgan fingerprint density at radius 1 is 1.26 bits per heavy atom. The van der Waals surface area contributed by atoms with E-state index < -0.39 is 0 Å². The van der Waals surface area contributed by atoms with E-state index in [0.29, 0.717) is 11.5 Å². The maximum absolute atomic E-state index is 11.9. The van der Waals surface area contributed by atoms with Crippen LogP contribution in [0.15, 0.2) is 29.4 Å². The molecule has 2 fully saturated rings. The first-order chi connectivity index (χ1) is 9.22. The van der Waals surface area contributed by atoms with Gasteiger partial charge >= 0.3 is 0 Å². The monoisotopic (exact) mass is 256 g/mol. The minimum atomic E-state index is -0.126. The summed E-state index contributed by atoms with van der Waals surface area (Å²) in [6.45, 7) is 2.01. The number of hydrazone groups is 1. The van der Waals surface area contributed by atoms with Crippen LogP contribution in [0.3, 0.4) is 0 Å². The fraction of sp³-hybridized carbons (Fsp3) is 0.500. The number of hydrogen-bond donors (Lipinski definition) is 1. The average molecular weight is 256 g/mol. The van der Waals surface area contributed by atoms with Crippen LogP contribution in [-0.2, 0) is 0 Å². The number of amides is 1. The van der Waals surface area contributed by atoms with Crippen LogP contribution in [0.25, 0.3) is 0 Å². The Kier molecular flexibility index (Phi) is 3.36. The summed E-state index contributed by atoms with van der Waals surface area (Å²) in [4.78, 5) is 11.9. The minimum absolute atomic E-state index is 0.126. The number of carbonyl (C=O) groups is 1. The summed E-state index contributed by atoms with van der Waals surface area (Å²) < 4.78 is 0. The van der Waals surface area contributed by atoms with Crippen molar-refractivity contribution in [2.45, 2.75) is 32.6 Å². The van der Waals surface area contributed by atoms with Gasteiger partial charge in [-0.15, -0.1) is 0 Å². The highest BCUT2D eigenvalue weighted by Crippen LogP contribution is 2.47. The van der Waals surface area contributed by atoms with Crippen molar-refractivity contribution in [3.8, 4) is 0 Å². The van der Waals surface area contributed by atoms with Crippen LogP contribution in [-0.4, -0.2) is 12.1 Å². The smallest absolute Gasteiger partial charge is 0.267 e. The number of aryl methyl sites for hydroxylation is 1.